The van der Waals surface area contributed by atoms with Gasteiger partial charge in [0.1, 0.15) is 11.8 Å². The van der Waals surface area contributed by atoms with Crippen LogP contribution in [0.25, 0.3) is 11.0 Å². The Labute approximate surface area is 148 Å². The Bertz CT molecular complexity index is 749. The summed E-state index contributed by atoms with van der Waals surface area (Å²) in [5, 5.41) is 10.4. The molecule has 134 valence electrons. The third-order valence-electron chi connectivity index (χ3n) is 5.65. The topological polar surface area (TPSA) is 91.1 Å². The van der Waals surface area contributed by atoms with Crippen LogP contribution in [0.2, 0.25) is 0 Å². The maximum Gasteiger partial charge on any atom is 0.151 e. The molecule has 0 spiro atoms. The van der Waals surface area contributed by atoms with E-state index in [4.69, 9.17) is 5.73 Å². The Hall–Kier alpha value is -1.92. The van der Waals surface area contributed by atoms with E-state index in [1.54, 1.807) is 0 Å². The molecule has 1 aliphatic carbocycles. The first-order valence-corrected chi connectivity index (χ1v) is 9.36. The molecular formula is C19H27N5O. The first-order chi connectivity index (χ1) is 12.2. The lowest BCUT2D eigenvalue weighted by atomic mass is 9.88. The Morgan fingerprint density at radius 1 is 1.20 bits per heavy atom. The summed E-state index contributed by atoms with van der Waals surface area (Å²) in [5.74, 6) is 1.42. The molecule has 3 heterocycles. The van der Waals surface area contributed by atoms with Gasteiger partial charge in [0.2, 0.25) is 0 Å². The van der Waals surface area contributed by atoms with Crippen molar-refractivity contribution in [3.05, 3.63) is 30.2 Å². The van der Waals surface area contributed by atoms with Gasteiger partial charge in [0, 0.05) is 37.3 Å². The number of aliphatic hydroxyl groups is 1. The second kappa shape index (κ2) is 7.14. The number of nitrogens with one attached hydrogen (secondary N) is 1. The average Bonchev–Trinajstić information content (AvgIpc) is 3.19. The van der Waals surface area contributed by atoms with Crippen LogP contribution in [0, 0.1) is 11.8 Å². The Balaban J connectivity index is 1.40. The van der Waals surface area contributed by atoms with Gasteiger partial charge in [-0.25, -0.2) is 9.97 Å². The summed E-state index contributed by atoms with van der Waals surface area (Å²) in [5.41, 5.74) is 8.67. The van der Waals surface area contributed by atoms with Crippen LogP contribution in [0.5, 0.6) is 0 Å². The van der Waals surface area contributed by atoms with Gasteiger partial charge in [-0.3, -0.25) is 4.90 Å². The third kappa shape index (κ3) is 3.55. The summed E-state index contributed by atoms with van der Waals surface area (Å²) in [6.45, 7) is 2.35. The Morgan fingerprint density at radius 3 is 2.88 bits per heavy atom. The average molecular weight is 341 g/mol. The number of hydrogen-bond acceptors (Lipinski definition) is 5. The van der Waals surface area contributed by atoms with Crippen LogP contribution in [0.3, 0.4) is 0 Å². The Kier molecular flexibility index (Phi) is 4.72. The van der Waals surface area contributed by atoms with E-state index >= 15 is 0 Å². The maximum atomic E-state index is 10.4. The van der Waals surface area contributed by atoms with E-state index in [2.05, 4.69) is 32.0 Å². The SMILES string of the molecule is Nc1ncnc2c(CN3CC(O)C(C=CC4CCCCC4)C3)c[nH]c12. The molecule has 2 unspecified atom stereocenters. The summed E-state index contributed by atoms with van der Waals surface area (Å²) in [4.78, 5) is 13.8. The van der Waals surface area contributed by atoms with E-state index in [1.807, 2.05) is 6.20 Å². The summed E-state index contributed by atoms with van der Waals surface area (Å²) >= 11 is 0. The van der Waals surface area contributed by atoms with Crippen LogP contribution in [-0.2, 0) is 6.54 Å². The van der Waals surface area contributed by atoms with Crippen molar-refractivity contribution in [3.63, 3.8) is 0 Å². The summed E-state index contributed by atoms with van der Waals surface area (Å²) in [6, 6.07) is 0. The molecule has 2 aromatic rings. The van der Waals surface area contributed by atoms with Gasteiger partial charge in [-0.1, -0.05) is 31.4 Å². The summed E-state index contributed by atoms with van der Waals surface area (Å²) in [7, 11) is 0. The largest absolute Gasteiger partial charge is 0.391 e. The molecule has 1 saturated carbocycles. The van der Waals surface area contributed by atoms with Gasteiger partial charge < -0.3 is 15.8 Å². The predicted octanol–water partition coefficient (Wildman–Crippen LogP) is 2.47. The highest BCUT2D eigenvalue weighted by molar-refractivity contribution is 5.86. The molecule has 2 aromatic heterocycles. The molecule has 2 aliphatic rings. The molecule has 4 N–H and O–H groups in total. The van der Waals surface area contributed by atoms with Crippen molar-refractivity contribution in [1.29, 1.82) is 0 Å². The molecule has 1 saturated heterocycles. The van der Waals surface area contributed by atoms with E-state index in [9.17, 15) is 5.11 Å². The lowest BCUT2D eigenvalue weighted by molar-refractivity contribution is 0.156. The number of aliphatic hydroxyl groups excluding tert-OH is 1. The highest BCUT2D eigenvalue weighted by atomic mass is 16.3. The smallest absolute Gasteiger partial charge is 0.151 e. The van der Waals surface area contributed by atoms with E-state index < -0.39 is 0 Å². The van der Waals surface area contributed by atoms with Crippen LogP contribution >= 0.6 is 0 Å². The number of nitrogen functional groups attached to an aromatic ring is 1. The minimum absolute atomic E-state index is 0.229. The molecule has 6 heteroatoms. The molecule has 0 bridgehead atoms. The number of β-amino-alcohol motifs (C(OH)–C–C–N with tert-alkyl or cyclic N) is 1. The summed E-state index contributed by atoms with van der Waals surface area (Å²) in [6.07, 6.45) is 14.5. The fourth-order valence-corrected chi connectivity index (χ4v) is 4.21. The fourth-order valence-electron chi connectivity index (χ4n) is 4.21. The van der Waals surface area contributed by atoms with Crippen molar-refractivity contribution in [2.24, 2.45) is 11.8 Å². The first kappa shape index (κ1) is 16.5. The van der Waals surface area contributed by atoms with Gasteiger partial charge in [0.25, 0.3) is 0 Å². The van der Waals surface area contributed by atoms with Crippen LogP contribution in [0.4, 0.5) is 5.82 Å². The third-order valence-corrected chi connectivity index (χ3v) is 5.65. The molecular weight excluding hydrogens is 314 g/mol. The first-order valence-electron chi connectivity index (χ1n) is 9.36. The second-order valence-electron chi connectivity index (χ2n) is 7.50. The molecule has 25 heavy (non-hydrogen) atoms. The van der Waals surface area contributed by atoms with Crippen molar-refractivity contribution in [2.75, 3.05) is 18.8 Å². The molecule has 4 rings (SSSR count). The van der Waals surface area contributed by atoms with Crippen LogP contribution in [0.1, 0.15) is 37.7 Å². The van der Waals surface area contributed by atoms with Crippen LogP contribution in [-0.4, -0.2) is 44.2 Å². The standard InChI is InChI=1S/C19H27N5O/c20-19-18-17(22-12-23-19)15(8-21-18)10-24-9-14(16(25)11-24)7-6-13-4-2-1-3-5-13/h6-8,12-14,16,21,25H,1-5,9-11H2,(H2,20,22,23). The molecule has 2 atom stereocenters. The van der Waals surface area contributed by atoms with Crippen LogP contribution < -0.4 is 5.73 Å². The van der Waals surface area contributed by atoms with E-state index in [0.29, 0.717) is 18.3 Å². The maximum absolute atomic E-state index is 10.4. The molecule has 0 amide bonds. The number of hydrogen-bond donors (Lipinski definition) is 3. The predicted molar refractivity (Wildman–Crippen MR) is 98.8 cm³/mol. The number of H-pyrrole nitrogens is 1. The van der Waals surface area contributed by atoms with Gasteiger partial charge in [-0.2, -0.15) is 0 Å². The molecule has 0 radical (unpaired) electrons. The molecule has 6 nitrogen and oxygen atoms in total. The van der Waals surface area contributed by atoms with Gasteiger partial charge in [-0.05, 0) is 18.8 Å². The molecule has 0 aromatic carbocycles. The fraction of sp³-hybridized carbons (Fsp3) is 0.579. The van der Waals surface area contributed by atoms with E-state index in [-0.39, 0.29) is 12.0 Å². The lowest BCUT2D eigenvalue weighted by Gasteiger charge is -2.19. The van der Waals surface area contributed by atoms with E-state index in [0.717, 1.165) is 29.7 Å². The van der Waals surface area contributed by atoms with Gasteiger partial charge in [0.15, 0.2) is 5.82 Å². The quantitative estimate of drug-likeness (QED) is 0.743. The second-order valence-corrected chi connectivity index (χ2v) is 7.50. The number of rotatable bonds is 4. The zero-order valence-corrected chi connectivity index (χ0v) is 14.6. The van der Waals surface area contributed by atoms with Crippen molar-refractivity contribution in [2.45, 2.75) is 44.8 Å². The summed E-state index contributed by atoms with van der Waals surface area (Å²) < 4.78 is 0. The lowest BCUT2D eigenvalue weighted by Crippen LogP contribution is -2.21. The van der Waals surface area contributed by atoms with Crippen molar-refractivity contribution in [3.8, 4) is 0 Å². The van der Waals surface area contributed by atoms with Crippen molar-refractivity contribution in [1.82, 2.24) is 19.9 Å². The normalized spacial score (nSPS) is 26.1. The number of nitrogens with zero attached hydrogens (tertiary/aromatic N) is 3. The number of nitrogens with two attached hydrogens (primary N) is 1. The minimum Gasteiger partial charge on any atom is -0.391 e. The number of aromatic nitrogens is 3. The number of anilines is 1. The number of likely N-dealkylation sites (tertiary alicyclic amines) is 1. The van der Waals surface area contributed by atoms with Crippen molar-refractivity contribution >= 4 is 16.9 Å². The highest BCUT2D eigenvalue weighted by Gasteiger charge is 2.30. The van der Waals surface area contributed by atoms with Crippen LogP contribution in [0.15, 0.2) is 24.7 Å². The Morgan fingerprint density at radius 2 is 2.04 bits per heavy atom. The monoisotopic (exact) mass is 341 g/mol. The molecule has 2 fully saturated rings. The zero-order valence-electron chi connectivity index (χ0n) is 14.6. The number of allylic oxidation sites excluding steroid dienone is 1. The minimum atomic E-state index is -0.287. The highest BCUT2D eigenvalue weighted by Crippen LogP contribution is 2.28. The zero-order chi connectivity index (χ0) is 17.2. The molecule has 1 aliphatic heterocycles. The van der Waals surface area contributed by atoms with Crippen molar-refractivity contribution < 1.29 is 5.11 Å². The number of aromatic amines is 1. The number of fused-ring (bicyclic) bond motifs is 1. The van der Waals surface area contributed by atoms with Gasteiger partial charge in [-0.15, -0.1) is 0 Å². The van der Waals surface area contributed by atoms with E-state index in [1.165, 1.54) is 38.4 Å². The van der Waals surface area contributed by atoms with Gasteiger partial charge >= 0.3 is 0 Å². The van der Waals surface area contributed by atoms with Gasteiger partial charge in [0.05, 0.1) is 11.6 Å².